The molecule has 0 aliphatic rings. The van der Waals surface area contributed by atoms with Gasteiger partial charge in [0.25, 0.3) is 0 Å². The van der Waals surface area contributed by atoms with Gasteiger partial charge in [-0.2, -0.15) is 0 Å². The van der Waals surface area contributed by atoms with Crippen LogP contribution in [-0.4, -0.2) is 30.0 Å². The number of hydrogen-bond donors (Lipinski definition) is 0. The van der Waals surface area contributed by atoms with E-state index in [9.17, 15) is 13.6 Å². The molecule has 0 rings (SSSR count). The van der Waals surface area contributed by atoms with Gasteiger partial charge in [-0.05, 0) is 31.9 Å². The smallest absolute Gasteiger partial charge is 0.318 e. The van der Waals surface area contributed by atoms with E-state index in [4.69, 9.17) is 4.74 Å². The summed E-state index contributed by atoms with van der Waals surface area (Å²) in [5.41, 5.74) is 0. The molecule has 5 heteroatoms. The minimum Gasteiger partial charge on any atom is -0.465 e. The Morgan fingerprint density at radius 2 is 1.89 bits per heavy atom. The number of carbonyl (C=O) groups is 1. The van der Waals surface area contributed by atoms with Gasteiger partial charge in [0.2, 0.25) is 6.43 Å². The Morgan fingerprint density at radius 1 is 1.22 bits per heavy atom. The second-order valence-electron chi connectivity index (χ2n) is 4.27. The number of alkyl halides is 2. The Labute approximate surface area is 113 Å². The van der Waals surface area contributed by atoms with Crippen molar-refractivity contribution in [3.05, 3.63) is 0 Å². The van der Waals surface area contributed by atoms with Crippen LogP contribution in [0.15, 0.2) is 0 Å². The Morgan fingerprint density at radius 3 is 2.50 bits per heavy atom. The third kappa shape index (κ3) is 10.8. The van der Waals surface area contributed by atoms with Crippen LogP contribution in [0.4, 0.5) is 8.78 Å². The van der Waals surface area contributed by atoms with Gasteiger partial charge in [0.15, 0.2) is 0 Å². The van der Waals surface area contributed by atoms with E-state index in [0.29, 0.717) is 13.0 Å². The Balaban J connectivity index is 3.34. The molecule has 18 heavy (non-hydrogen) atoms. The fourth-order valence-corrected chi connectivity index (χ4v) is 2.33. The molecule has 0 amide bonds. The van der Waals surface area contributed by atoms with Crippen molar-refractivity contribution < 1.29 is 18.3 Å². The summed E-state index contributed by atoms with van der Waals surface area (Å²) in [4.78, 5) is 11.4. The zero-order valence-electron chi connectivity index (χ0n) is 11.3. The maximum Gasteiger partial charge on any atom is 0.318 e. The van der Waals surface area contributed by atoms with Crippen LogP contribution in [0.1, 0.15) is 52.4 Å². The number of carbonyl (C=O) groups excluding carboxylic acids is 1. The molecule has 0 N–H and O–H groups in total. The van der Waals surface area contributed by atoms with Crippen molar-refractivity contribution in [1.82, 2.24) is 0 Å². The minimum atomic E-state index is -2.17. The second-order valence-corrected chi connectivity index (χ2v) is 5.72. The SMILES string of the molecule is CCCOC(=O)C(C)SCCCCCCC(F)F. The van der Waals surface area contributed by atoms with Crippen LogP contribution in [0.2, 0.25) is 0 Å². The zero-order chi connectivity index (χ0) is 13.8. The lowest BCUT2D eigenvalue weighted by molar-refractivity contribution is -0.142. The molecule has 0 aliphatic carbocycles. The maximum absolute atomic E-state index is 11.9. The number of esters is 1. The van der Waals surface area contributed by atoms with Gasteiger partial charge in [0, 0.05) is 6.42 Å². The van der Waals surface area contributed by atoms with Crippen LogP contribution in [0, 0.1) is 0 Å². The number of rotatable bonds is 11. The molecule has 0 heterocycles. The van der Waals surface area contributed by atoms with Crippen LogP contribution in [0.25, 0.3) is 0 Å². The highest BCUT2D eigenvalue weighted by molar-refractivity contribution is 8.00. The summed E-state index contributed by atoms with van der Waals surface area (Å²) in [5, 5.41) is -0.127. The van der Waals surface area contributed by atoms with E-state index in [1.54, 1.807) is 11.8 Å². The van der Waals surface area contributed by atoms with Gasteiger partial charge in [-0.3, -0.25) is 4.79 Å². The molecule has 0 radical (unpaired) electrons. The highest BCUT2D eigenvalue weighted by Gasteiger charge is 2.13. The first-order chi connectivity index (χ1) is 8.57. The largest absolute Gasteiger partial charge is 0.465 e. The van der Waals surface area contributed by atoms with E-state index in [1.165, 1.54) is 0 Å². The van der Waals surface area contributed by atoms with E-state index in [-0.39, 0.29) is 17.6 Å². The molecule has 0 aliphatic heterocycles. The predicted octanol–water partition coefficient (Wildman–Crippen LogP) is 4.28. The van der Waals surface area contributed by atoms with E-state index in [1.807, 2.05) is 13.8 Å². The monoisotopic (exact) mass is 282 g/mol. The molecule has 0 aromatic heterocycles. The van der Waals surface area contributed by atoms with Crippen molar-refractivity contribution in [1.29, 1.82) is 0 Å². The average Bonchev–Trinajstić information content (AvgIpc) is 2.34. The van der Waals surface area contributed by atoms with Gasteiger partial charge in [-0.25, -0.2) is 8.78 Å². The van der Waals surface area contributed by atoms with Crippen LogP contribution >= 0.6 is 11.8 Å². The number of halogens is 2. The number of unbranched alkanes of at least 4 members (excludes halogenated alkanes) is 3. The normalized spacial score (nSPS) is 12.7. The van der Waals surface area contributed by atoms with Crippen LogP contribution in [-0.2, 0) is 9.53 Å². The maximum atomic E-state index is 11.9. The molecule has 0 saturated heterocycles. The first kappa shape index (κ1) is 17.7. The summed E-state index contributed by atoms with van der Waals surface area (Å²) in [6, 6.07) is 0. The predicted molar refractivity (Wildman–Crippen MR) is 72.3 cm³/mol. The summed E-state index contributed by atoms with van der Waals surface area (Å²) in [7, 11) is 0. The Kier molecular flexibility index (Phi) is 11.5. The van der Waals surface area contributed by atoms with Crippen LogP contribution < -0.4 is 0 Å². The first-order valence-corrected chi connectivity index (χ1v) is 7.69. The minimum absolute atomic E-state index is 0.00683. The molecule has 0 spiro atoms. The highest BCUT2D eigenvalue weighted by atomic mass is 32.2. The van der Waals surface area contributed by atoms with Crippen LogP contribution in [0.5, 0.6) is 0 Å². The van der Waals surface area contributed by atoms with Gasteiger partial charge in [-0.1, -0.05) is 19.8 Å². The summed E-state index contributed by atoms with van der Waals surface area (Å²) in [6.07, 6.45) is 2.04. The molecule has 1 unspecified atom stereocenters. The molecular weight excluding hydrogens is 258 g/mol. The molecule has 0 bridgehead atoms. The Hall–Kier alpha value is -0.320. The number of ether oxygens (including phenoxy) is 1. The summed E-state index contributed by atoms with van der Waals surface area (Å²) >= 11 is 1.58. The van der Waals surface area contributed by atoms with Crippen molar-refractivity contribution in [2.75, 3.05) is 12.4 Å². The van der Waals surface area contributed by atoms with E-state index in [0.717, 1.165) is 31.4 Å². The Bertz CT molecular complexity index is 213. The number of hydrogen-bond acceptors (Lipinski definition) is 3. The molecular formula is C13H24F2O2S. The standard InChI is InChI=1S/C13H24F2O2S/c1-3-9-17-13(16)11(2)18-10-7-5-4-6-8-12(14)15/h11-12H,3-10H2,1-2H3. The molecule has 0 fully saturated rings. The summed E-state index contributed by atoms with van der Waals surface area (Å²) in [6.45, 7) is 4.29. The van der Waals surface area contributed by atoms with Gasteiger partial charge < -0.3 is 4.74 Å². The van der Waals surface area contributed by atoms with Gasteiger partial charge in [0.1, 0.15) is 0 Å². The van der Waals surface area contributed by atoms with E-state index in [2.05, 4.69) is 0 Å². The molecule has 108 valence electrons. The third-order valence-corrected chi connectivity index (χ3v) is 3.68. The molecule has 1 atom stereocenters. The van der Waals surface area contributed by atoms with Crippen molar-refractivity contribution >= 4 is 17.7 Å². The molecule has 0 aromatic carbocycles. The quantitative estimate of drug-likeness (QED) is 0.418. The van der Waals surface area contributed by atoms with Crippen molar-refractivity contribution in [2.24, 2.45) is 0 Å². The second kappa shape index (κ2) is 11.8. The lowest BCUT2D eigenvalue weighted by Crippen LogP contribution is -2.17. The fraction of sp³-hybridized carbons (Fsp3) is 0.923. The van der Waals surface area contributed by atoms with Crippen molar-refractivity contribution in [3.63, 3.8) is 0 Å². The van der Waals surface area contributed by atoms with Gasteiger partial charge in [-0.15, -0.1) is 11.8 Å². The average molecular weight is 282 g/mol. The number of thioether (sulfide) groups is 1. The summed E-state index contributed by atoms with van der Waals surface area (Å²) < 4.78 is 28.7. The highest BCUT2D eigenvalue weighted by Crippen LogP contribution is 2.16. The fourth-order valence-electron chi connectivity index (χ4n) is 1.40. The van der Waals surface area contributed by atoms with Crippen LogP contribution in [0.3, 0.4) is 0 Å². The van der Waals surface area contributed by atoms with Crippen molar-refractivity contribution in [3.8, 4) is 0 Å². The topological polar surface area (TPSA) is 26.3 Å². The molecule has 0 saturated carbocycles. The molecule has 0 aromatic rings. The van der Waals surface area contributed by atoms with Gasteiger partial charge in [0.05, 0.1) is 11.9 Å². The lowest BCUT2D eigenvalue weighted by Gasteiger charge is -2.10. The molecule has 2 nitrogen and oxygen atoms in total. The zero-order valence-corrected chi connectivity index (χ0v) is 12.1. The third-order valence-electron chi connectivity index (χ3n) is 2.46. The first-order valence-electron chi connectivity index (χ1n) is 6.64. The lowest BCUT2D eigenvalue weighted by atomic mass is 10.2. The van der Waals surface area contributed by atoms with E-state index < -0.39 is 6.43 Å². The van der Waals surface area contributed by atoms with E-state index >= 15 is 0 Å². The van der Waals surface area contributed by atoms with Gasteiger partial charge >= 0.3 is 5.97 Å². The van der Waals surface area contributed by atoms with Crippen molar-refractivity contribution in [2.45, 2.75) is 64.0 Å². The summed E-state index contributed by atoms with van der Waals surface area (Å²) in [5.74, 6) is 0.733.